The number of esters is 1. The van der Waals surface area contributed by atoms with Crippen LogP contribution in [0.3, 0.4) is 0 Å². The third kappa shape index (κ3) is 3.93. The second kappa shape index (κ2) is 7.02. The number of hydrogen-bond donors (Lipinski definition) is 0. The quantitative estimate of drug-likeness (QED) is 0.449. The van der Waals surface area contributed by atoms with Crippen LogP contribution in [0.5, 0.6) is 0 Å². The minimum absolute atomic E-state index is 0.101. The lowest BCUT2D eigenvalue weighted by molar-refractivity contribution is -0.384. The molecule has 0 aromatic heterocycles. The van der Waals surface area contributed by atoms with E-state index in [0.717, 1.165) is 18.2 Å². The maximum absolute atomic E-state index is 13.3. The summed E-state index contributed by atoms with van der Waals surface area (Å²) >= 11 is 0. The zero-order chi connectivity index (χ0) is 17.9. The van der Waals surface area contributed by atoms with E-state index in [9.17, 15) is 28.1 Å². The molecular weight excluding hydrogens is 327 g/mol. The molecule has 1 aliphatic heterocycles. The highest BCUT2D eigenvalue weighted by atomic mass is 19.4. The number of rotatable bonds is 5. The first kappa shape index (κ1) is 18.0. The van der Waals surface area contributed by atoms with Crippen molar-refractivity contribution in [2.45, 2.75) is 32.4 Å². The van der Waals surface area contributed by atoms with Crippen LogP contribution in [0.15, 0.2) is 30.3 Å². The van der Waals surface area contributed by atoms with Crippen molar-refractivity contribution in [2.24, 2.45) is 11.8 Å². The molecule has 1 aromatic rings. The van der Waals surface area contributed by atoms with Crippen molar-refractivity contribution in [3.8, 4) is 0 Å². The minimum atomic E-state index is -4.57. The normalized spacial score (nSPS) is 21.2. The number of allylic oxidation sites excluding steroid dienone is 1. The fourth-order valence-electron chi connectivity index (χ4n) is 2.59. The van der Waals surface area contributed by atoms with Crippen LogP contribution in [-0.4, -0.2) is 17.1 Å². The number of nitro benzene ring substituents is 1. The summed E-state index contributed by atoms with van der Waals surface area (Å²) in [7, 11) is 0. The molecule has 2 rings (SSSR count). The molecule has 8 heteroatoms. The number of alkyl halides is 3. The summed E-state index contributed by atoms with van der Waals surface area (Å²) in [5, 5.41) is 10.6. The lowest BCUT2D eigenvalue weighted by Crippen LogP contribution is -2.37. The Kier molecular flexibility index (Phi) is 5.26. The van der Waals surface area contributed by atoms with Crippen LogP contribution in [0.25, 0.3) is 5.76 Å². The molecule has 0 spiro atoms. The van der Waals surface area contributed by atoms with E-state index in [2.05, 4.69) is 0 Å². The first-order valence-electron chi connectivity index (χ1n) is 7.49. The van der Waals surface area contributed by atoms with E-state index in [4.69, 9.17) is 4.74 Å². The lowest BCUT2D eigenvalue weighted by atomic mass is 9.84. The number of non-ortho nitro benzene ring substituents is 1. The Hall–Kier alpha value is -2.38. The molecule has 2 atom stereocenters. The van der Waals surface area contributed by atoms with Gasteiger partial charge in [-0.05, 0) is 24.6 Å². The molecule has 24 heavy (non-hydrogen) atoms. The number of nitro groups is 1. The fourth-order valence-corrected chi connectivity index (χ4v) is 2.59. The van der Waals surface area contributed by atoms with Gasteiger partial charge in [-0.25, -0.2) is 0 Å². The van der Waals surface area contributed by atoms with Gasteiger partial charge in [0.25, 0.3) is 5.69 Å². The minimum Gasteiger partial charge on any atom is -0.426 e. The van der Waals surface area contributed by atoms with Gasteiger partial charge in [-0.2, -0.15) is 13.2 Å². The first-order chi connectivity index (χ1) is 11.2. The number of unbranched alkanes of at least 4 members (excludes halogenated alkanes) is 1. The fraction of sp³-hybridized carbons (Fsp3) is 0.438. The molecule has 130 valence electrons. The van der Waals surface area contributed by atoms with Crippen LogP contribution < -0.4 is 0 Å². The maximum atomic E-state index is 13.3. The van der Waals surface area contributed by atoms with Crippen LogP contribution in [-0.2, 0) is 9.53 Å². The molecule has 1 aliphatic rings. The van der Waals surface area contributed by atoms with Gasteiger partial charge in [0, 0.05) is 17.7 Å². The molecule has 1 heterocycles. The number of ether oxygens (including phenoxy) is 1. The molecule has 0 fully saturated rings. The highest BCUT2D eigenvalue weighted by Crippen LogP contribution is 2.41. The van der Waals surface area contributed by atoms with Gasteiger partial charge in [-0.15, -0.1) is 0 Å². The van der Waals surface area contributed by atoms with Crippen molar-refractivity contribution in [1.29, 1.82) is 0 Å². The first-order valence-corrected chi connectivity index (χ1v) is 7.49. The van der Waals surface area contributed by atoms with Crippen molar-refractivity contribution in [3.05, 3.63) is 46.0 Å². The second-order valence-electron chi connectivity index (χ2n) is 5.57. The van der Waals surface area contributed by atoms with Crippen LogP contribution >= 0.6 is 0 Å². The topological polar surface area (TPSA) is 69.4 Å². The highest BCUT2D eigenvalue weighted by molar-refractivity contribution is 5.83. The maximum Gasteiger partial charge on any atom is 0.396 e. The van der Waals surface area contributed by atoms with Gasteiger partial charge < -0.3 is 4.74 Å². The third-order valence-electron chi connectivity index (χ3n) is 3.89. The van der Waals surface area contributed by atoms with Crippen molar-refractivity contribution < 1.29 is 27.6 Å². The van der Waals surface area contributed by atoms with E-state index in [-0.39, 0.29) is 23.4 Å². The molecule has 1 aromatic carbocycles. The predicted octanol–water partition coefficient (Wildman–Crippen LogP) is 4.48. The van der Waals surface area contributed by atoms with E-state index in [1.807, 2.05) is 6.92 Å². The standard InChI is InChI=1S/C16H16F3NO4/c1-2-3-4-12-13(16(17,18)19)9-14(24-15(12)21)10-5-7-11(8-6-10)20(22)23/h5-9,12-13H,2-4H2,1H3/t12-,13-/m0/s1. The Morgan fingerprint density at radius 2 is 1.88 bits per heavy atom. The van der Waals surface area contributed by atoms with Gasteiger partial charge in [0.05, 0.1) is 16.8 Å². The molecule has 0 unspecified atom stereocenters. The van der Waals surface area contributed by atoms with E-state index in [0.29, 0.717) is 12.8 Å². The summed E-state index contributed by atoms with van der Waals surface area (Å²) in [6.45, 7) is 1.83. The average Bonchev–Trinajstić information content (AvgIpc) is 2.52. The predicted molar refractivity (Wildman–Crippen MR) is 79.7 cm³/mol. The summed E-state index contributed by atoms with van der Waals surface area (Å²) in [6, 6.07) is 4.82. The van der Waals surface area contributed by atoms with E-state index in [1.54, 1.807) is 0 Å². The van der Waals surface area contributed by atoms with E-state index >= 15 is 0 Å². The second-order valence-corrected chi connectivity index (χ2v) is 5.57. The molecule has 0 radical (unpaired) electrons. The van der Waals surface area contributed by atoms with Gasteiger partial charge in [0.2, 0.25) is 0 Å². The summed E-state index contributed by atoms with van der Waals surface area (Å²) in [6.07, 6.45) is -2.41. The Labute approximate surface area is 136 Å². The Morgan fingerprint density at radius 1 is 1.25 bits per heavy atom. The monoisotopic (exact) mass is 343 g/mol. The van der Waals surface area contributed by atoms with Crippen LogP contribution in [0.2, 0.25) is 0 Å². The highest BCUT2D eigenvalue weighted by Gasteiger charge is 2.49. The third-order valence-corrected chi connectivity index (χ3v) is 3.89. The van der Waals surface area contributed by atoms with Gasteiger partial charge in [0.1, 0.15) is 5.76 Å². The molecule has 0 amide bonds. The molecule has 0 aliphatic carbocycles. The summed E-state index contributed by atoms with van der Waals surface area (Å²) in [4.78, 5) is 22.0. The molecule has 0 saturated carbocycles. The number of benzene rings is 1. The van der Waals surface area contributed by atoms with Gasteiger partial charge in [0.15, 0.2) is 0 Å². The summed E-state index contributed by atoms with van der Waals surface area (Å²) < 4.78 is 45.0. The number of carbonyl (C=O) groups is 1. The zero-order valence-electron chi connectivity index (χ0n) is 12.9. The van der Waals surface area contributed by atoms with E-state index in [1.165, 1.54) is 12.1 Å². The number of halogens is 3. The Balaban J connectivity index is 2.35. The van der Waals surface area contributed by atoms with Gasteiger partial charge >= 0.3 is 12.1 Å². The molecule has 0 N–H and O–H groups in total. The average molecular weight is 343 g/mol. The van der Waals surface area contributed by atoms with Crippen molar-refractivity contribution in [3.63, 3.8) is 0 Å². The molecule has 0 bridgehead atoms. The van der Waals surface area contributed by atoms with Crippen LogP contribution in [0, 0.1) is 22.0 Å². The van der Waals surface area contributed by atoms with E-state index < -0.39 is 28.9 Å². The van der Waals surface area contributed by atoms with Crippen molar-refractivity contribution in [1.82, 2.24) is 0 Å². The lowest BCUT2D eigenvalue weighted by Gasteiger charge is -2.30. The van der Waals surface area contributed by atoms with Gasteiger partial charge in [-0.3, -0.25) is 14.9 Å². The SMILES string of the molecule is CCCC[C@@H]1C(=O)OC(c2ccc([N+](=O)[O-])cc2)=C[C@@H]1C(F)(F)F. The number of carbonyl (C=O) groups excluding carboxylic acids is 1. The molecule has 0 saturated heterocycles. The smallest absolute Gasteiger partial charge is 0.396 e. The summed E-state index contributed by atoms with van der Waals surface area (Å²) in [5.74, 6) is -4.31. The van der Waals surface area contributed by atoms with Crippen molar-refractivity contribution >= 4 is 17.4 Å². The molecule has 5 nitrogen and oxygen atoms in total. The van der Waals surface area contributed by atoms with Crippen LogP contribution in [0.4, 0.5) is 18.9 Å². The largest absolute Gasteiger partial charge is 0.426 e. The Morgan fingerprint density at radius 3 is 2.38 bits per heavy atom. The number of nitrogens with zero attached hydrogens (tertiary/aromatic N) is 1. The van der Waals surface area contributed by atoms with Gasteiger partial charge in [-0.1, -0.05) is 19.8 Å². The zero-order valence-corrected chi connectivity index (χ0v) is 12.9. The van der Waals surface area contributed by atoms with Crippen LogP contribution in [0.1, 0.15) is 31.7 Å². The number of hydrogen-bond acceptors (Lipinski definition) is 4. The number of cyclic esters (lactones) is 1. The Bertz CT molecular complexity index is 652. The summed E-state index contributed by atoms with van der Waals surface area (Å²) in [5.41, 5.74) is -0.00757. The molecular formula is C16H16F3NO4. The van der Waals surface area contributed by atoms with Crippen molar-refractivity contribution in [2.75, 3.05) is 0 Å².